The molecule has 5 nitrogen and oxygen atoms in total. The van der Waals surface area contributed by atoms with E-state index in [9.17, 15) is 14.7 Å². The molecule has 2 aliphatic rings. The summed E-state index contributed by atoms with van der Waals surface area (Å²) in [4.78, 5) is 24.3. The topological polar surface area (TPSA) is 79.5 Å². The molecule has 2 N–H and O–H groups in total. The fourth-order valence-electron chi connectivity index (χ4n) is 4.08. The van der Waals surface area contributed by atoms with Crippen molar-refractivity contribution >= 4 is 17.6 Å². The summed E-state index contributed by atoms with van der Waals surface area (Å²) in [6.07, 6.45) is 4.67. The maximum absolute atomic E-state index is 12.7. The number of hydrogen-bond donors (Lipinski definition) is 2. The van der Waals surface area contributed by atoms with E-state index in [4.69, 9.17) is 4.42 Å². The molecular weight excluding hydrogens is 318 g/mol. The summed E-state index contributed by atoms with van der Waals surface area (Å²) in [5, 5.41) is 12.4. The zero-order valence-corrected chi connectivity index (χ0v) is 13.8. The standard InChI is InChI=1S/C20H19NO4/c1-11-5-8-16(25-11)12-3-2-4-15(10-12)21-19(22)17-13-6-7-14(9-13)18(17)20(23)24/h2-8,10,13-14,17-18H,9H2,1H3,(H,21,22)(H,23,24)/t13-,14+,17+,18+/m0/s1. The molecule has 2 aliphatic carbocycles. The average molecular weight is 337 g/mol. The lowest BCUT2D eigenvalue weighted by Gasteiger charge is -2.23. The van der Waals surface area contributed by atoms with Crippen LogP contribution >= 0.6 is 0 Å². The van der Waals surface area contributed by atoms with E-state index < -0.39 is 17.8 Å². The lowest BCUT2D eigenvalue weighted by Crippen LogP contribution is -2.36. The Kier molecular flexibility index (Phi) is 3.71. The number of aryl methyl sites for hydroxylation is 1. The average Bonchev–Trinajstić information content (AvgIpc) is 3.30. The van der Waals surface area contributed by atoms with Crippen LogP contribution in [0.25, 0.3) is 11.3 Å². The van der Waals surface area contributed by atoms with E-state index in [0.29, 0.717) is 5.69 Å². The third-order valence-electron chi connectivity index (χ3n) is 5.20. The van der Waals surface area contributed by atoms with Crippen LogP contribution in [0.5, 0.6) is 0 Å². The number of hydrogen-bond acceptors (Lipinski definition) is 3. The lowest BCUT2D eigenvalue weighted by molar-refractivity contribution is -0.146. The molecule has 2 aromatic rings. The number of carboxylic acid groups (broad SMARTS) is 1. The van der Waals surface area contributed by atoms with Crippen LogP contribution in [0.1, 0.15) is 12.2 Å². The van der Waals surface area contributed by atoms with E-state index in [1.54, 1.807) is 6.07 Å². The number of furan rings is 1. The summed E-state index contributed by atoms with van der Waals surface area (Å²) in [6.45, 7) is 1.88. The smallest absolute Gasteiger partial charge is 0.307 e. The van der Waals surface area contributed by atoms with Crippen LogP contribution < -0.4 is 5.32 Å². The van der Waals surface area contributed by atoms with Crippen LogP contribution in [0.2, 0.25) is 0 Å². The van der Waals surface area contributed by atoms with Crippen molar-refractivity contribution in [3.05, 3.63) is 54.3 Å². The van der Waals surface area contributed by atoms with E-state index in [-0.39, 0.29) is 17.7 Å². The Balaban J connectivity index is 1.55. The van der Waals surface area contributed by atoms with Crippen LogP contribution in [0.15, 0.2) is 53.0 Å². The van der Waals surface area contributed by atoms with E-state index >= 15 is 0 Å². The van der Waals surface area contributed by atoms with E-state index in [2.05, 4.69) is 5.32 Å². The van der Waals surface area contributed by atoms with Crippen LogP contribution in [-0.4, -0.2) is 17.0 Å². The Hall–Kier alpha value is -2.82. The minimum absolute atomic E-state index is 0.0157. The maximum atomic E-state index is 12.7. The lowest BCUT2D eigenvalue weighted by atomic mass is 9.82. The molecule has 4 atom stereocenters. The summed E-state index contributed by atoms with van der Waals surface area (Å²) in [5.74, 6) is -0.721. The van der Waals surface area contributed by atoms with Crippen molar-refractivity contribution in [1.29, 1.82) is 0 Å². The SMILES string of the molecule is Cc1ccc(-c2cccc(NC(=O)[C@H]3[C@H](C(=O)O)[C@@H]4C=C[C@H]3C4)c2)o1. The molecule has 5 heteroatoms. The van der Waals surface area contributed by atoms with Gasteiger partial charge in [0, 0.05) is 11.3 Å². The van der Waals surface area contributed by atoms with Crippen LogP contribution in [0.3, 0.4) is 0 Å². The highest BCUT2D eigenvalue weighted by Crippen LogP contribution is 2.48. The molecule has 0 radical (unpaired) electrons. The van der Waals surface area contributed by atoms with Gasteiger partial charge in [-0.2, -0.15) is 0 Å². The third-order valence-corrected chi connectivity index (χ3v) is 5.20. The van der Waals surface area contributed by atoms with E-state index in [1.165, 1.54) is 0 Å². The number of aliphatic carboxylic acids is 1. The first kappa shape index (κ1) is 15.7. The molecule has 2 bridgehead atoms. The van der Waals surface area contributed by atoms with Crippen LogP contribution in [0, 0.1) is 30.6 Å². The van der Waals surface area contributed by atoms with E-state index in [1.807, 2.05) is 49.4 Å². The molecule has 4 rings (SSSR count). The largest absolute Gasteiger partial charge is 0.481 e. The molecule has 25 heavy (non-hydrogen) atoms. The summed E-state index contributed by atoms with van der Waals surface area (Å²) in [6, 6.07) is 11.2. The van der Waals surface area contributed by atoms with Gasteiger partial charge < -0.3 is 14.8 Å². The summed E-state index contributed by atoms with van der Waals surface area (Å²) < 4.78 is 5.62. The number of anilines is 1. The Labute approximate surface area is 145 Å². The molecule has 0 spiro atoms. The first-order valence-corrected chi connectivity index (χ1v) is 8.42. The monoisotopic (exact) mass is 337 g/mol. The molecule has 0 aliphatic heterocycles. The molecule has 1 aromatic carbocycles. The molecule has 128 valence electrons. The summed E-state index contributed by atoms with van der Waals surface area (Å²) >= 11 is 0. The number of rotatable bonds is 4. The molecule has 1 aromatic heterocycles. The second-order valence-corrected chi connectivity index (χ2v) is 6.82. The molecule has 0 unspecified atom stereocenters. The number of allylic oxidation sites excluding steroid dienone is 2. The number of nitrogens with one attached hydrogen (secondary N) is 1. The first-order chi connectivity index (χ1) is 12.0. The highest BCUT2D eigenvalue weighted by atomic mass is 16.4. The number of benzene rings is 1. The van der Waals surface area contributed by atoms with Crippen molar-refractivity contribution in [1.82, 2.24) is 0 Å². The highest BCUT2D eigenvalue weighted by molar-refractivity contribution is 5.96. The van der Waals surface area contributed by atoms with Gasteiger partial charge in [-0.3, -0.25) is 9.59 Å². The summed E-state index contributed by atoms with van der Waals surface area (Å²) in [7, 11) is 0. The first-order valence-electron chi connectivity index (χ1n) is 8.42. The van der Waals surface area contributed by atoms with Crippen molar-refractivity contribution in [2.75, 3.05) is 5.32 Å². The van der Waals surface area contributed by atoms with Crippen LogP contribution in [-0.2, 0) is 9.59 Å². The predicted molar refractivity (Wildman–Crippen MR) is 92.9 cm³/mol. The van der Waals surface area contributed by atoms with Gasteiger partial charge in [0.2, 0.25) is 5.91 Å². The normalized spacial score (nSPS) is 26.8. The third kappa shape index (κ3) is 2.76. The number of carbonyl (C=O) groups is 2. The predicted octanol–water partition coefficient (Wildman–Crippen LogP) is 3.72. The van der Waals surface area contributed by atoms with Gasteiger partial charge >= 0.3 is 5.97 Å². The van der Waals surface area contributed by atoms with Crippen molar-refractivity contribution in [3.8, 4) is 11.3 Å². The molecule has 1 amide bonds. The fourth-order valence-corrected chi connectivity index (χ4v) is 4.08. The highest BCUT2D eigenvalue weighted by Gasteiger charge is 2.51. The van der Waals surface area contributed by atoms with Gasteiger partial charge in [0.05, 0.1) is 11.8 Å². The molecule has 0 saturated heterocycles. The Morgan fingerprint density at radius 3 is 2.56 bits per heavy atom. The van der Waals surface area contributed by atoms with Gasteiger partial charge in [0.25, 0.3) is 0 Å². The Morgan fingerprint density at radius 1 is 1.12 bits per heavy atom. The van der Waals surface area contributed by atoms with Crippen molar-refractivity contribution in [3.63, 3.8) is 0 Å². The fraction of sp³-hybridized carbons (Fsp3) is 0.300. The van der Waals surface area contributed by atoms with Gasteiger partial charge in [0.15, 0.2) is 0 Å². The zero-order chi connectivity index (χ0) is 17.6. The molecular formula is C20H19NO4. The van der Waals surface area contributed by atoms with Crippen molar-refractivity contribution < 1.29 is 19.1 Å². The Bertz CT molecular complexity index is 866. The molecule has 1 fully saturated rings. The summed E-state index contributed by atoms with van der Waals surface area (Å²) in [5.41, 5.74) is 1.51. The zero-order valence-electron chi connectivity index (χ0n) is 13.8. The quantitative estimate of drug-likeness (QED) is 0.834. The number of amides is 1. The number of fused-ring (bicyclic) bond motifs is 2. The second-order valence-electron chi connectivity index (χ2n) is 6.82. The van der Waals surface area contributed by atoms with Crippen molar-refractivity contribution in [2.45, 2.75) is 13.3 Å². The van der Waals surface area contributed by atoms with Gasteiger partial charge in [0.1, 0.15) is 11.5 Å². The van der Waals surface area contributed by atoms with E-state index in [0.717, 1.165) is 23.5 Å². The Morgan fingerprint density at radius 2 is 1.88 bits per heavy atom. The van der Waals surface area contributed by atoms with Gasteiger partial charge in [-0.25, -0.2) is 0 Å². The maximum Gasteiger partial charge on any atom is 0.307 e. The molecule has 1 saturated carbocycles. The van der Waals surface area contributed by atoms with Crippen LogP contribution in [0.4, 0.5) is 5.69 Å². The minimum Gasteiger partial charge on any atom is -0.481 e. The minimum atomic E-state index is -0.892. The second kappa shape index (κ2) is 5.92. The van der Waals surface area contributed by atoms with Gasteiger partial charge in [-0.15, -0.1) is 0 Å². The number of carbonyl (C=O) groups excluding carboxylic acids is 1. The van der Waals surface area contributed by atoms with Gasteiger partial charge in [-0.1, -0.05) is 24.3 Å². The van der Waals surface area contributed by atoms with Gasteiger partial charge in [-0.05, 0) is 49.4 Å². The number of carboxylic acids is 1. The van der Waals surface area contributed by atoms with Crippen molar-refractivity contribution in [2.24, 2.45) is 23.7 Å². The molecule has 1 heterocycles.